The predicted molar refractivity (Wildman–Crippen MR) is 85.8 cm³/mol. The van der Waals surface area contributed by atoms with E-state index in [0.717, 1.165) is 4.47 Å². The highest BCUT2D eigenvalue weighted by atomic mass is 79.9. The molecule has 2 aromatic rings. The second kappa shape index (κ2) is 6.45. The first-order chi connectivity index (χ1) is 9.90. The molecule has 0 aliphatic rings. The van der Waals surface area contributed by atoms with Crippen LogP contribution in [0.5, 0.6) is 0 Å². The third-order valence-electron chi connectivity index (χ3n) is 3.05. The standard InChI is InChI=1S/C15H13BrClFN2O/c1-20(8-11-12(17)3-2-4-13(11)18)15(21)10-7-9(16)5-6-14(10)19/h2-7H,8,19H2,1H3. The maximum atomic E-state index is 13.8. The molecule has 2 rings (SSSR count). The van der Waals surface area contributed by atoms with Crippen molar-refractivity contribution in [3.8, 4) is 0 Å². The lowest BCUT2D eigenvalue weighted by Crippen LogP contribution is -2.27. The summed E-state index contributed by atoms with van der Waals surface area (Å²) in [5.41, 5.74) is 6.82. The maximum absolute atomic E-state index is 13.8. The number of anilines is 1. The van der Waals surface area contributed by atoms with Gasteiger partial charge in [-0.2, -0.15) is 0 Å². The van der Waals surface area contributed by atoms with E-state index in [0.29, 0.717) is 11.3 Å². The van der Waals surface area contributed by atoms with Gasteiger partial charge in [0.15, 0.2) is 0 Å². The molecule has 0 spiro atoms. The number of carbonyl (C=O) groups excluding carboxylic acids is 1. The Morgan fingerprint density at radius 3 is 2.76 bits per heavy atom. The normalized spacial score (nSPS) is 10.5. The van der Waals surface area contributed by atoms with Crippen LogP contribution in [0.4, 0.5) is 10.1 Å². The number of carbonyl (C=O) groups is 1. The van der Waals surface area contributed by atoms with Crippen LogP contribution in [0.25, 0.3) is 0 Å². The van der Waals surface area contributed by atoms with Crippen molar-refractivity contribution in [3.05, 3.63) is 62.8 Å². The topological polar surface area (TPSA) is 46.3 Å². The SMILES string of the molecule is CN(Cc1c(F)cccc1Cl)C(=O)c1cc(Br)ccc1N. The third kappa shape index (κ3) is 3.54. The highest BCUT2D eigenvalue weighted by Gasteiger charge is 2.18. The third-order valence-corrected chi connectivity index (χ3v) is 3.90. The summed E-state index contributed by atoms with van der Waals surface area (Å²) in [7, 11) is 1.57. The summed E-state index contributed by atoms with van der Waals surface area (Å²) in [5, 5.41) is 0.289. The molecule has 0 bridgehead atoms. The first kappa shape index (κ1) is 15.8. The molecule has 0 radical (unpaired) electrons. The first-order valence-corrected chi connectivity index (χ1v) is 7.30. The van der Waals surface area contributed by atoms with Crippen LogP contribution < -0.4 is 5.73 Å². The Morgan fingerprint density at radius 2 is 2.10 bits per heavy atom. The highest BCUT2D eigenvalue weighted by Crippen LogP contribution is 2.23. The van der Waals surface area contributed by atoms with Gasteiger partial charge in [-0.1, -0.05) is 33.6 Å². The molecule has 110 valence electrons. The second-order valence-corrected chi connectivity index (χ2v) is 5.92. The second-order valence-electron chi connectivity index (χ2n) is 4.59. The van der Waals surface area contributed by atoms with E-state index in [-0.39, 0.29) is 23.0 Å². The molecule has 0 aliphatic heterocycles. The van der Waals surface area contributed by atoms with Crippen molar-refractivity contribution in [2.45, 2.75) is 6.54 Å². The number of benzene rings is 2. The Hall–Kier alpha value is -1.59. The van der Waals surface area contributed by atoms with Gasteiger partial charge in [-0.15, -0.1) is 0 Å². The van der Waals surface area contributed by atoms with Gasteiger partial charge in [-0.25, -0.2) is 4.39 Å². The molecule has 3 nitrogen and oxygen atoms in total. The summed E-state index contributed by atoms with van der Waals surface area (Å²) in [6.45, 7) is 0.0658. The Balaban J connectivity index is 2.26. The zero-order valence-corrected chi connectivity index (χ0v) is 13.6. The fourth-order valence-corrected chi connectivity index (χ4v) is 2.50. The molecule has 2 aromatic carbocycles. The number of nitrogen functional groups attached to an aromatic ring is 1. The number of nitrogens with zero attached hydrogens (tertiary/aromatic N) is 1. The number of rotatable bonds is 3. The smallest absolute Gasteiger partial charge is 0.256 e. The summed E-state index contributed by atoms with van der Waals surface area (Å²) < 4.78 is 14.5. The zero-order valence-electron chi connectivity index (χ0n) is 11.2. The van der Waals surface area contributed by atoms with E-state index in [1.165, 1.54) is 17.0 Å². The molecule has 0 fully saturated rings. The predicted octanol–water partition coefficient (Wildman–Crippen LogP) is 4.10. The van der Waals surface area contributed by atoms with E-state index in [1.807, 2.05) is 0 Å². The number of hydrogen-bond acceptors (Lipinski definition) is 2. The van der Waals surface area contributed by atoms with Crippen molar-refractivity contribution >= 4 is 39.1 Å². The summed E-state index contributed by atoms with van der Waals surface area (Å²) in [4.78, 5) is 13.8. The molecule has 1 amide bonds. The van der Waals surface area contributed by atoms with Crippen molar-refractivity contribution in [1.82, 2.24) is 4.90 Å². The molecule has 0 unspecified atom stereocenters. The monoisotopic (exact) mass is 370 g/mol. The van der Waals surface area contributed by atoms with Crippen LogP contribution in [-0.4, -0.2) is 17.9 Å². The van der Waals surface area contributed by atoms with Crippen LogP contribution in [0, 0.1) is 5.82 Å². The van der Waals surface area contributed by atoms with E-state index >= 15 is 0 Å². The van der Waals surface area contributed by atoms with Crippen LogP contribution in [0.15, 0.2) is 40.9 Å². The lowest BCUT2D eigenvalue weighted by Gasteiger charge is -2.19. The minimum absolute atomic E-state index is 0.0658. The van der Waals surface area contributed by atoms with Crippen LogP contribution in [0.1, 0.15) is 15.9 Å². The molecule has 0 heterocycles. The van der Waals surface area contributed by atoms with Gasteiger partial charge in [-0.3, -0.25) is 4.79 Å². The summed E-state index contributed by atoms with van der Waals surface area (Å²) in [5.74, 6) is -0.738. The fourth-order valence-electron chi connectivity index (χ4n) is 1.91. The van der Waals surface area contributed by atoms with Gasteiger partial charge >= 0.3 is 0 Å². The van der Waals surface area contributed by atoms with Gasteiger partial charge in [-0.05, 0) is 30.3 Å². The Bertz CT molecular complexity index is 673. The minimum atomic E-state index is -0.440. The largest absolute Gasteiger partial charge is 0.398 e. The van der Waals surface area contributed by atoms with Crippen LogP contribution in [0.3, 0.4) is 0 Å². The highest BCUT2D eigenvalue weighted by molar-refractivity contribution is 9.10. The maximum Gasteiger partial charge on any atom is 0.256 e. The van der Waals surface area contributed by atoms with Gasteiger partial charge in [0.05, 0.1) is 5.56 Å². The number of nitrogens with two attached hydrogens (primary N) is 1. The van der Waals surface area contributed by atoms with Crippen molar-refractivity contribution in [3.63, 3.8) is 0 Å². The molecular formula is C15H13BrClFN2O. The van der Waals surface area contributed by atoms with Crippen molar-refractivity contribution in [1.29, 1.82) is 0 Å². The average Bonchev–Trinajstić information content (AvgIpc) is 2.44. The summed E-state index contributed by atoms with van der Waals surface area (Å²) >= 11 is 9.27. The van der Waals surface area contributed by atoms with E-state index in [4.69, 9.17) is 17.3 Å². The molecular weight excluding hydrogens is 359 g/mol. The summed E-state index contributed by atoms with van der Waals surface area (Å²) in [6.07, 6.45) is 0. The van der Waals surface area contributed by atoms with Crippen LogP contribution in [-0.2, 0) is 6.54 Å². The quantitative estimate of drug-likeness (QED) is 0.826. The van der Waals surface area contributed by atoms with Crippen molar-refractivity contribution in [2.75, 3.05) is 12.8 Å². The van der Waals surface area contributed by atoms with Gasteiger partial charge in [0.2, 0.25) is 0 Å². The molecule has 0 aromatic heterocycles. The first-order valence-electron chi connectivity index (χ1n) is 6.13. The Labute approximate surface area is 135 Å². The summed E-state index contributed by atoms with van der Waals surface area (Å²) in [6, 6.07) is 9.45. The molecule has 0 atom stereocenters. The number of hydrogen-bond donors (Lipinski definition) is 1. The molecule has 0 saturated carbocycles. The Morgan fingerprint density at radius 1 is 1.38 bits per heavy atom. The van der Waals surface area contributed by atoms with Gasteiger partial charge in [0.1, 0.15) is 5.82 Å². The fraction of sp³-hybridized carbons (Fsp3) is 0.133. The van der Waals surface area contributed by atoms with Crippen LogP contribution in [0.2, 0.25) is 5.02 Å². The molecule has 21 heavy (non-hydrogen) atoms. The van der Waals surface area contributed by atoms with E-state index in [1.54, 1.807) is 31.3 Å². The number of amides is 1. The van der Waals surface area contributed by atoms with Crippen molar-refractivity contribution < 1.29 is 9.18 Å². The van der Waals surface area contributed by atoms with Crippen molar-refractivity contribution in [2.24, 2.45) is 0 Å². The average molecular weight is 372 g/mol. The minimum Gasteiger partial charge on any atom is -0.398 e. The lowest BCUT2D eigenvalue weighted by molar-refractivity contribution is 0.0785. The Kier molecular flexibility index (Phi) is 4.85. The number of halogens is 3. The van der Waals surface area contributed by atoms with Crippen LogP contribution >= 0.6 is 27.5 Å². The van der Waals surface area contributed by atoms with E-state index in [9.17, 15) is 9.18 Å². The zero-order chi connectivity index (χ0) is 15.6. The van der Waals surface area contributed by atoms with Gasteiger partial charge < -0.3 is 10.6 Å². The van der Waals surface area contributed by atoms with Gasteiger partial charge in [0.25, 0.3) is 5.91 Å². The molecule has 0 saturated heterocycles. The van der Waals surface area contributed by atoms with Gasteiger partial charge in [0, 0.05) is 34.3 Å². The molecule has 2 N–H and O–H groups in total. The molecule has 6 heteroatoms. The molecule has 0 aliphatic carbocycles. The van der Waals surface area contributed by atoms with E-state index < -0.39 is 5.82 Å². The van der Waals surface area contributed by atoms with E-state index in [2.05, 4.69) is 15.9 Å². The lowest BCUT2D eigenvalue weighted by atomic mass is 10.1.